The number of nitrogens with zero attached hydrogens (tertiary/aromatic N) is 3. The number of anilines is 6. The molecule has 5 nitrogen and oxygen atoms in total. The molecule has 0 radical (unpaired) electrons. The summed E-state index contributed by atoms with van der Waals surface area (Å²) >= 11 is 0. The van der Waals surface area contributed by atoms with Crippen molar-refractivity contribution in [2.75, 3.05) is 9.80 Å². The Hall–Kier alpha value is -6.27. The Kier molecular flexibility index (Phi) is 8.25. The molecule has 0 atom stereocenters. The first-order valence-electron chi connectivity index (χ1n) is 22.6. The van der Waals surface area contributed by atoms with Crippen molar-refractivity contribution in [2.45, 2.75) is 105 Å². The molecule has 6 heteroatoms. The third-order valence-electron chi connectivity index (χ3n) is 13.7. The van der Waals surface area contributed by atoms with E-state index >= 15 is 0 Å². The molecule has 4 aliphatic heterocycles. The molecule has 0 amide bonds. The lowest BCUT2D eigenvalue weighted by Gasteiger charge is -2.48. The second-order valence-electron chi connectivity index (χ2n) is 22.2. The standard InChI is InChI=1S/C57H56BN3O2/c1-54(2,3)36-20-22-43-47(29-36)62-49-31-38(56(7,8)9)27-40-52(49)60(43)45-25-35(33-16-18-34(19-17-33)42-15-13-14-24-59-42)26-46-51(45)58(40)41-28-39(57(10,11)12)32-50-53(41)61(46)44-23-21-37(55(4,5)6)30-48(44)63-50/h13-32H,1-12H3. The van der Waals surface area contributed by atoms with Crippen LogP contribution in [0.1, 0.15) is 105 Å². The smallest absolute Gasteiger partial charge is 0.252 e. The molecule has 314 valence electrons. The molecule has 0 bridgehead atoms. The number of benzene rings is 6. The first kappa shape index (κ1) is 39.6. The molecule has 0 spiro atoms. The monoisotopic (exact) mass is 825 g/mol. The molecule has 5 heterocycles. The fraction of sp³-hybridized carbons (Fsp3) is 0.281. The minimum absolute atomic E-state index is 0.0483. The van der Waals surface area contributed by atoms with Gasteiger partial charge in [0.25, 0.3) is 6.71 Å². The highest BCUT2D eigenvalue weighted by Gasteiger charge is 2.49. The number of hydrogen-bond acceptors (Lipinski definition) is 5. The molecule has 11 rings (SSSR count). The van der Waals surface area contributed by atoms with Gasteiger partial charge < -0.3 is 19.3 Å². The van der Waals surface area contributed by atoms with Gasteiger partial charge in [0.05, 0.1) is 28.4 Å². The van der Waals surface area contributed by atoms with Crippen molar-refractivity contribution in [1.82, 2.24) is 4.98 Å². The van der Waals surface area contributed by atoms with Gasteiger partial charge in [-0.2, -0.15) is 0 Å². The Bertz CT molecular complexity index is 2890. The van der Waals surface area contributed by atoms with E-state index in [1.54, 1.807) is 0 Å². The molecule has 0 fully saturated rings. The zero-order chi connectivity index (χ0) is 44.1. The number of aromatic nitrogens is 1. The van der Waals surface area contributed by atoms with Crippen LogP contribution in [0, 0.1) is 0 Å². The Morgan fingerprint density at radius 3 is 1.29 bits per heavy atom. The largest absolute Gasteiger partial charge is 0.453 e. The van der Waals surface area contributed by atoms with Crippen LogP contribution in [0.3, 0.4) is 0 Å². The molecule has 7 aromatic rings. The van der Waals surface area contributed by atoms with Gasteiger partial charge >= 0.3 is 0 Å². The maximum Gasteiger partial charge on any atom is 0.252 e. The molecule has 4 aliphatic rings. The average Bonchev–Trinajstić information content (AvgIpc) is 3.23. The van der Waals surface area contributed by atoms with E-state index in [0.29, 0.717) is 0 Å². The molecular weight excluding hydrogens is 769 g/mol. The third kappa shape index (κ3) is 6.15. The topological polar surface area (TPSA) is 37.8 Å². The lowest BCUT2D eigenvalue weighted by Crippen LogP contribution is -2.62. The highest BCUT2D eigenvalue weighted by atomic mass is 16.5. The zero-order valence-corrected chi connectivity index (χ0v) is 38.8. The van der Waals surface area contributed by atoms with Gasteiger partial charge in [-0.05, 0) is 132 Å². The van der Waals surface area contributed by atoms with Crippen molar-refractivity contribution < 1.29 is 9.47 Å². The van der Waals surface area contributed by atoms with Crippen molar-refractivity contribution in [1.29, 1.82) is 0 Å². The van der Waals surface area contributed by atoms with Gasteiger partial charge in [0.2, 0.25) is 0 Å². The SMILES string of the molecule is CC(C)(C)c1ccc2c(c1)Oc1cc(C(C)(C)C)cc3c1N2c1cc(-c2ccc(-c4ccccn4)cc2)cc2c1B3c1cc(C(C)(C)C)cc3c1N2c1ccc(C(C)(C)C)cc1O3. The van der Waals surface area contributed by atoms with Gasteiger partial charge in [-0.3, -0.25) is 4.98 Å². The van der Waals surface area contributed by atoms with Crippen LogP contribution in [0.15, 0.2) is 121 Å². The highest BCUT2D eigenvalue weighted by molar-refractivity contribution is 7.00. The minimum atomic E-state index is -0.123. The van der Waals surface area contributed by atoms with Gasteiger partial charge in [-0.25, -0.2) is 0 Å². The lowest BCUT2D eigenvalue weighted by molar-refractivity contribution is 0.469. The van der Waals surface area contributed by atoms with Gasteiger partial charge in [0.1, 0.15) is 0 Å². The van der Waals surface area contributed by atoms with Gasteiger partial charge in [0, 0.05) is 23.1 Å². The number of fused-ring (bicyclic) bond motifs is 8. The number of pyridine rings is 1. The summed E-state index contributed by atoms with van der Waals surface area (Å²) in [7, 11) is 0. The van der Waals surface area contributed by atoms with E-state index in [0.717, 1.165) is 68.1 Å². The average molecular weight is 826 g/mol. The first-order valence-corrected chi connectivity index (χ1v) is 22.6. The van der Waals surface area contributed by atoms with Crippen LogP contribution >= 0.6 is 0 Å². The fourth-order valence-corrected chi connectivity index (χ4v) is 9.97. The van der Waals surface area contributed by atoms with Crippen molar-refractivity contribution >= 4 is 57.2 Å². The Morgan fingerprint density at radius 1 is 0.413 bits per heavy atom. The summed E-state index contributed by atoms with van der Waals surface area (Å²) < 4.78 is 14.3. The van der Waals surface area contributed by atoms with Gasteiger partial charge in [-0.1, -0.05) is 138 Å². The van der Waals surface area contributed by atoms with E-state index in [4.69, 9.17) is 9.47 Å². The maximum atomic E-state index is 7.17. The quantitative estimate of drug-likeness (QED) is 0.162. The van der Waals surface area contributed by atoms with Crippen LogP contribution in [0.5, 0.6) is 23.0 Å². The Balaban J connectivity index is 1.26. The molecule has 6 aromatic carbocycles. The van der Waals surface area contributed by atoms with E-state index in [1.807, 2.05) is 18.3 Å². The summed E-state index contributed by atoms with van der Waals surface area (Å²) in [5, 5.41) is 0. The van der Waals surface area contributed by atoms with Crippen molar-refractivity contribution in [3.8, 4) is 45.4 Å². The molecule has 0 N–H and O–H groups in total. The van der Waals surface area contributed by atoms with Crippen LogP contribution in [-0.2, 0) is 21.7 Å². The van der Waals surface area contributed by atoms with Crippen LogP contribution in [0.25, 0.3) is 22.4 Å². The van der Waals surface area contributed by atoms with Crippen LogP contribution in [-0.4, -0.2) is 11.7 Å². The fourth-order valence-electron chi connectivity index (χ4n) is 9.97. The summed E-state index contributed by atoms with van der Waals surface area (Å²) in [6, 6.07) is 43.1. The van der Waals surface area contributed by atoms with Crippen LogP contribution < -0.4 is 35.7 Å². The predicted octanol–water partition coefficient (Wildman–Crippen LogP) is 13.9. The van der Waals surface area contributed by atoms with Crippen molar-refractivity contribution in [3.05, 3.63) is 144 Å². The van der Waals surface area contributed by atoms with Crippen molar-refractivity contribution in [2.24, 2.45) is 0 Å². The summed E-state index contributed by atoms with van der Waals surface area (Å²) in [6.07, 6.45) is 1.86. The Morgan fingerprint density at radius 2 is 0.857 bits per heavy atom. The van der Waals surface area contributed by atoms with E-state index in [1.165, 1.54) is 50.0 Å². The highest BCUT2D eigenvalue weighted by Crippen LogP contribution is 2.58. The Labute approximate surface area is 373 Å². The van der Waals surface area contributed by atoms with Gasteiger partial charge in [-0.15, -0.1) is 0 Å². The maximum absolute atomic E-state index is 7.17. The van der Waals surface area contributed by atoms with Crippen LogP contribution in [0.2, 0.25) is 0 Å². The molecule has 0 aliphatic carbocycles. The molecule has 0 saturated heterocycles. The second-order valence-corrected chi connectivity index (χ2v) is 22.2. The molecule has 63 heavy (non-hydrogen) atoms. The molecular formula is C57H56BN3O2. The van der Waals surface area contributed by atoms with E-state index in [9.17, 15) is 0 Å². The van der Waals surface area contributed by atoms with Crippen molar-refractivity contribution in [3.63, 3.8) is 0 Å². The number of rotatable bonds is 2. The summed E-state index contributed by atoms with van der Waals surface area (Å²) in [5.74, 6) is 3.55. The zero-order valence-electron chi connectivity index (χ0n) is 38.8. The van der Waals surface area contributed by atoms with Crippen LogP contribution in [0.4, 0.5) is 34.1 Å². The summed E-state index contributed by atoms with van der Waals surface area (Å²) in [4.78, 5) is 9.70. The second kappa shape index (κ2) is 13.1. The first-order chi connectivity index (χ1) is 29.7. The number of hydrogen-bond donors (Lipinski definition) is 0. The summed E-state index contributed by atoms with van der Waals surface area (Å²) in [6.45, 7) is 27.4. The normalized spacial score (nSPS) is 14.5. The van der Waals surface area contributed by atoms with E-state index < -0.39 is 0 Å². The molecule has 0 saturated carbocycles. The van der Waals surface area contributed by atoms with E-state index in [-0.39, 0.29) is 28.4 Å². The summed E-state index contributed by atoms with van der Waals surface area (Å²) in [5.41, 5.74) is 19.4. The lowest BCUT2D eigenvalue weighted by atomic mass is 9.33. The van der Waals surface area contributed by atoms with Gasteiger partial charge in [0.15, 0.2) is 23.0 Å². The third-order valence-corrected chi connectivity index (χ3v) is 13.7. The minimum Gasteiger partial charge on any atom is -0.453 e. The van der Waals surface area contributed by atoms with E-state index in [2.05, 4.69) is 201 Å². The number of ether oxygens (including phenoxy) is 2. The predicted molar refractivity (Wildman–Crippen MR) is 264 cm³/mol. The molecule has 0 unspecified atom stereocenters. The molecule has 1 aromatic heterocycles.